The molecule has 0 spiro atoms. The van der Waals surface area contributed by atoms with Crippen LogP contribution in [0.4, 0.5) is 0 Å². The predicted molar refractivity (Wildman–Crippen MR) is 141 cm³/mol. The fourth-order valence-electron chi connectivity index (χ4n) is 4.26. The highest BCUT2D eigenvalue weighted by Crippen LogP contribution is 2.33. The fraction of sp³-hybridized carbons (Fsp3) is 0.107. The highest BCUT2D eigenvalue weighted by Gasteiger charge is 2.22. The van der Waals surface area contributed by atoms with Crippen molar-refractivity contribution in [1.82, 2.24) is 9.55 Å². The number of aromatic nitrogens is 2. The maximum Gasteiger partial charge on any atom is 0.262 e. The van der Waals surface area contributed by atoms with Gasteiger partial charge in [-0.25, -0.2) is 0 Å². The molecule has 5 aromatic rings. The summed E-state index contributed by atoms with van der Waals surface area (Å²) >= 11 is 7.18. The molecule has 0 aliphatic rings. The second kappa shape index (κ2) is 9.56. The van der Waals surface area contributed by atoms with Gasteiger partial charge in [0.05, 0.1) is 18.1 Å². The number of para-hydroxylation sites is 1. The van der Waals surface area contributed by atoms with E-state index in [0.29, 0.717) is 16.3 Å². The Labute approximate surface area is 211 Å². The lowest BCUT2D eigenvalue weighted by Gasteiger charge is -2.08. The van der Waals surface area contributed by atoms with Crippen LogP contribution in [0.15, 0.2) is 83.9 Å². The summed E-state index contributed by atoms with van der Waals surface area (Å²) in [6, 6.07) is 22.0. The molecule has 174 valence electrons. The third kappa shape index (κ3) is 4.43. The summed E-state index contributed by atoms with van der Waals surface area (Å²) < 4.78 is 7.08. The first-order valence-electron chi connectivity index (χ1n) is 11.0. The largest absolute Gasteiger partial charge is 0.497 e. The summed E-state index contributed by atoms with van der Waals surface area (Å²) in [6.07, 6.45) is 1.88. The minimum absolute atomic E-state index is 0.0351. The van der Waals surface area contributed by atoms with E-state index < -0.39 is 0 Å². The van der Waals surface area contributed by atoms with Crippen LogP contribution in [-0.2, 0) is 11.2 Å². The van der Waals surface area contributed by atoms with Gasteiger partial charge < -0.3 is 4.74 Å². The van der Waals surface area contributed by atoms with Gasteiger partial charge in [-0.05, 0) is 78.8 Å². The number of ether oxygens (including phenoxy) is 1. The van der Waals surface area contributed by atoms with Crippen LogP contribution in [0.2, 0.25) is 5.02 Å². The van der Waals surface area contributed by atoms with Gasteiger partial charge in [0.25, 0.3) is 5.91 Å². The maximum atomic E-state index is 13.5. The summed E-state index contributed by atoms with van der Waals surface area (Å²) in [5.74, 6) is 0.479. The number of carbonyl (C=O) groups is 2. The van der Waals surface area contributed by atoms with Crippen LogP contribution in [0, 0.1) is 6.92 Å². The van der Waals surface area contributed by atoms with Crippen LogP contribution < -0.4 is 4.74 Å². The number of rotatable bonds is 5. The number of hydrogen-bond acceptors (Lipinski definition) is 5. The Balaban J connectivity index is 1.55. The Morgan fingerprint density at radius 2 is 1.80 bits per heavy atom. The first-order chi connectivity index (χ1) is 17.0. The highest BCUT2D eigenvalue weighted by atomic mass is 35.5. The lowest BCUT2D eigenvalue weighted by Crippen LogP contribution is -2.14. The van der Waals surface area contributed by atoms with Crippen molar-refractivity contribution in [2.45, 2.75) is 18.2 Å². The van der Waals surface area contributed by atoms with E-state index in [1.807, 2.05) is 55.5 Å². The molecule has 0 unspecified atom stereocenters. The summed E-state index contributed by atoms with van der Waals surface area (Å²) in [4.78, 5) is 32.0. The van der Waals surface area contributed by atoms with E-state index in [1.54, 1.807) is 42.1 Å². The van der Waals surface area contributed by atoms with E-state index in [-0.39, 0.29) is 17.4 Å². The lowest BCUT2D eigenvalue weighted by atomic mass is 10.1. The van der Waals surface area contributed by atoms with Crippen molar-refractivity contribution in [2.24, 2.45) is 0 Å². The molecule has 3 aromatic carbocycles. The fourth-order valence-corrected chi connectivity index (χ4v) is 5.26. The molecule has 2 aromatic heterocycles. The number of hydrogen-bond donors (Lipinski definition) is 0. The van der Waals surface area contributed by atoms with E-state index in [0.717, 1.165) is 38.0 Å². The number of pyridine rings is 1. The lowest BCUT2D eigenvalue weighted by molar-refractivity contribution is -0.110. The average molecular weight is 501 g/mol. The third-order valence-corrected chi connectivity index (χ3v) is 7.15. The maximum absolute atomic E-state index is 13.5. The summed E-state index contributed by atoms with van der Waals surface area (Å²) in [5, 5.41) is 2.32. The molecular weight excluding hydrogens is 480 g/mol. The Morgan fingerprint density at radius 3 is 2.57 bits per heavy atom. The van der Waals surface area contributed by atoms with Crippen LogP contribution in [-0.4, -0.2) is 27.7 Å². The number of halogens is 1. The van der Waals surface area contributed by atoms with E-state index in [9.17, 15) is 9.59 Å². The molecular formula is C28H21ClN2O3S. The number of carbonyl (C=O) groups excluding carboxylic acids is 2. The zero-order valence-corrected chi connectivity index (χ0v) is 20.7. The summed E-state index contributed by atoms with van der Waals surface area (Å²) in [6.45, 7) is 1.87. The molecule has 0 fully saturated rings. The van der Waals surface area contributed by atoms with Crippen molar-refractivity contribution in [3.05, 3.63) is 101 Å². The molecule has 0 saturated heterocycles. The van der Waals surface area contributed by atoms with E-state index >= 15 is 0 Å². The van der Waals surface area contributed by atoms with Crippen LogP contribution in [0.3, 0.4) is 0 Å². The minimum atomic E-state index is -0.182. The Bertz CT molecular complexity index is 1590. The smallest absolute Gasteiger partial charge is 0.262 e. The number of thioether (sulfide) groups is 1. The average Bonchev–Trinajstić information content (AvgIpc) is 3.14. The Morgan fingerprint density at radius 1 is 1.03 bits per heavy atom. The van der Waals surface area contributed by atoms with Gasteiger partial charge in [0.1, 0.15) is 5.75 Å². The number of fused-ring (bicyclic) bond motifs is 2. The van der Waals surface area contributed by atoms with Crippen LogP contribution >= 0.6 is 23.4 Å². The minimum Gasteiger partial charge on any atom is -0.497 e. The van der Waals surface area contributed by atoms with E-state index in [2.05, 4.69) is 4.98 Å². The molecule has 0 bridgehead atoms. The molecule has 7 heteroatoms. The van der Waals surface area contributed by atoms with Crippen molar-refractivity contribution in [1.29, 1.82) is 0 Å². The van der Waals surface area contributed by atoms with Gasteiger partial charge in [0, 0.05) is 44.6 Å². The highest BCUT2D eigenvalue weighted by molar-refractivity contribution is 8.13. The summed E-state index contributed by atoms with van der Waals surface area (Å²) in [5.41, 5.74) is 3.55. The van der Waals surface area contributed by atoms with Gasteiger partial charge >= 0.3 is 0 Å². The number of methoxy groups -OCH3 is 1. The van der Waals surface area contributed by atoms with Gasteiger partial charge in [-0.1, -0.05) is 29.8 Å². The third-order valence-electron chi connectivity index (χ3n) is 5.98. The molecule has 5 nitrogen and oxygen atoms in total. The first-order valence-corrected chi connectivity index (χ1v) is 12.2. The van der Waals surface area contributed by atoms with Crippen molar-refractivity contribution >= 4 is 56.2 Å². The SMILES string of the molecule is COc1ccc2c(c1)c(CC(=O)Sc1cccc3cccnc13)c(C)n2C(=O)c1ccc(Cl)cc1. The van der Waals surface area contributed by atoms with E-state index in [4.69, 9.17) is 16.3 Å². The Hall–Kier alpha value is -3.61. The predicted octanol–water partition coefficient (Wildman–Crippen LogP) is 6.71. The molecule has 5 rings (SSSR count). The zero-order chi connectivity index (χ0) is 24.5. The van der Waals surface area contributed by atoms with Crippen LogP contribution in [0.1, 0.15) is 21.6 Å². The van der Waals surface area contributed by atoms with Gasteiger partial charge in [0.2, 0.25) is 0 Å². The Kier molecular flexibility index (Phi) is 6.32. The van der Waals surface area contributed by atoms with Gasteiger partial charge in [-0.3, -0.25) is 19.1 Å². The molecule has 0 radical (unpaired) electrons. The van der Waals surface area contributed by atoms with Crippen molar-refractivity contribution in [3.8, 4) is 5.75 Å². The van der Waals surface area contributed by atoms with Crippen LogP contribution in [0.25, 0.3) is 21.8 Å². The topological polar surface area (TPSA) is 61.2 Å². The molecule has 0 atom stereocenters. The van der Waals surface area contributed by atoms with E-state index in [1.165, 1.54) is 11.8 Å². The van der Waals surface area contributed by atoms with Gasteiger partial charge in [0.15, 0.2) is 5.12 Å². The second-order valence-corrected chi connectivity index (χ2v) is 9.61. The molecule has 2 heterocycles. The second-order valence-electron chi connectivity index (χ2n) is 8.08. The number of benzene rings is 3. The van der Waals surface area contributed by atoms with Gasteiger partial charge in [-0.2, -0.15) is 0 Å². The van der Waals surface area contributed by atoms with Crippen molar-refractivity contribution in [2.75, 3.05) is 7.11 Å². The number of nitrogens with zero attached hydrogens (tertiary/aromatic N) is 2. The monoisotopic (exact) mass is 500 g/mol. The summed E-state index contributed by atoms with van der Waals surface area (Å²) in [7, 11) is 1.60. The molecule has 0 N–H and O–H groups in total. The quantitative estimate of drug-likeness (QED) is 0.251. The molecule has 0 aliphatic heterocycles. The molecule has 0 aliphatic carbocycles. The first kappa shape index (κ1) is 23.1. The molecule has 0 amide bonds. The molecule has 0 saturated carbocycles. The molecule has 35 heavy (non-hydrogen) atoms. The van der Waals surface area contributed by atoms with Crippen molar-refractivity contribution in [3.63, 3.8) is 0 Å². The normalized spacial score (nSPS) is 11.2. The zero-order valence-electron chi connectivity index (χ0n) is 19.1. The standard InChI is InChI=1S/C28H21ClN2O3S/c1-17-22(16-26(32)35-25-7-3-5-18-6-4-14-30-27(18)25)23-15-21(34-2)12-13-24(23)31(17)28(33)19-8-10-20(29)11-9-19/h3-15H,16H2,1-2H3. The van der Waals surface area contributed by atoms with Gasteiger partial charge in [-0.15, -0.1) is 0 Å². The van der Waals surface area contributed by atoms with Crippen LogP contribution in [0.5, 0.6) is 5.75 Å². The van der Waals surface area contributed by atoms with Crippen molar-refractivity contribution < 1.29 is 14.3 Å².